The Bertz CT molecular complexity index is 4420. The Morgan fingerprint density at radius 3 is 1.69 bits per heavy atom. The molecular weight excluding hydrogens is 1310 g/mol. The maximum Gasteiger partial charge on any atom is 0.180 e. The van der Waals surface area contributed by atoms with E-state index in [1.54, 1.807) is 85.0 Å². The number of thiophene rings is 1. The van der Waals surface area contributed by atoms with Crippen molar-refractivity contribution in [2.75, 3.05) is 0 Å². The normalized spacial score (nSPS) is 9.96. The lowest BCUT2D eigenvalue weighted by molar-refractivity contribution is 0.616. The predicted molar refractivity (Wildman–Crippen MR) is 409 cm³/mol. The van der Waals surface area contributed by atoms with E-state index >= 15 is 0 Å². The fraction of sp³-hybridized carbons (Fsp3) is 0. The number of H-pyrrole nitrogens is 6. The van der Waals surface area contributed by atoms with Crippen LogP contribution in [0.15, 0.2) is 364 Å². The van der Waals surface area contributed by atoms with Crippen molar-refractivity contribution in [2.24, 2.45) is 0 Å². The Morgan fingerprint density at radius 2 is 1.01 bits per heavy atom. The number of para-hydroxylation sites is 6. The summed E-state index contributed by atoms with van der Waals surface area (Å²) in [5, 5.41) is 33.4. The minimum atomic E-state index is 0.713. The number of furan rings is 1. The number of rotatable bonds is 0. The highest BCUT2D eigenvalue weighted by molar-refractivity contribution is 7.17. The number of hydrogen-bond acceptors (Lipinski definition) is 17. The van der Waals surface area contributed by atoms with Gasteiger partial charge in [0, 0.05) is 69.9 Å². The summed E-state index contributed by atoms with van der Waals surface area (Å²) in [6, 6.07) is 78.8. The van der Waals surface area contributed by atoms with Crippen molar-refractivity contribution in [3.63, 3.8) is 0 Å². The molecule has 0 atom stereocenters. The van der Waals surface area contributed by atoms with Crippen molar-refractivity contribution < 1.29 is 4.42 Å². The van der Waals surface area contributed by atoms with E-state index in [0.29, 0.717) is 5.65 Å². The van der Waals surface area contributed by atoms with Gasteiger partial charge in [-0.25, -0.2) is 39.9 Å². The van der Waals surface area contributed by atoms with Gasteiger partial charge in [-0.05, 0) is 141 Å². The SMILES string of the molecule is c1ccc2[nH]ccc2c1.c1ccc2[nH]cnc2c1.c1ccc2[nH]ncc2c1.c1ccc2c[nH]cc2c1.c1ccc2occc2c1.c1ccc2sccc2c1.c1ccc2scnc2c1.c1ccn2cccc2c1.c1cnc2nc[nH]c2c1.c1cnncn1.c1cnnnc1.c1ncc2[nH]cnc2n1. The monoisotopic (exact) mass is 1380 g/mol. The Hall–Kier alpha value is -14.1. The Kier molecular flexibility index (Phi) is 26.6. The van der Waals surface area contributed by atoms with Gasteiger partial charge in [-0.1, -0.05) is 127 Å². The van der Waals surface area contributed by atoms with E-state index in [0.717, 1.165) is 55.1 Å². The van der Waals surface area contributed by atoms with E-state index in [1.807, 2.05) is 194 Å². The van der Waals surface area contributed by atoms with Crippen LogP contribution in [0.5, 0.6) is 0 Å². The lowest BCUT2D eigenvalue weighted by atomic mass is 10.2. The summed E-state index contributed by atoms with van der Waals surface area (Å²) in [7, 11) is 0. The van der Waals surface area contributed by atoms with E-state index in [4.69, 9.17) is 4.42 Å². The number of hydrogen-bond donors (Lipinski definition) is 6. The molecule has 0 bridgehead atoms. The number of aromatic amines is 6. The molecule has 0 fully saturated rings. The number of nitrogens with one attached hydrogen (secondary N) is 6. The van der Waals surface area contributed by atoms with Gasteiger partial charge < -0.3 is 33.7 Å². The van der Waals surface area contributed by atoms with Crippen LogP contribution >= 0.6 is 22.7 Å². The predicted octanol–water partition coefficient (Wildman–Crippen LogP) is 18.1. The number of benzene rings is 7. The van der Waals surface area contributed by atoms with Gasteiger partial charge in [0.15, 0.2) is 11.3 Å². The first kappa shape index (κ1) is 69.3. The third kappa shape index (κ3) is 22.0. The van der Waals surface area contributed by atoms with E-state index in [-0.39, 0.29) is 0 Å². The third-order valence-corrected chi connectivity index (χ3v) is 15.8. The number of pyridine rings is 2. The smallest absolute Gasteiger partial charge is 0.180 e. The highest BCUT2D eigenvalue weighted by atomic mass is 32.1. The zero-order chi connectivity index (χ0) is 69.5. The van der Waals surface area contributed by atoms with Crippen LogP contribution in [0.3, 0.4) is 0 Å². The molecule has 15 aromatic heterocycles. The van der Waals surface area contributed by atoms with Crippen LogP contribution in [0.4, 0.5) is 0 Å². The Labute approximate surface area is 591 Å². The second-order valence-corrected chi connectivity index (χ2v) is 22.7. The van der Waals surface area contributed by atoms with Crippen LogP contribution in [-0.2, 0) is 0 Å². The first-order valence-corrected chi connectivity index (χ1v) is 33.4. The summed E-state index contributed by atoms with van der Waals surface area (Å²) >= 11 is 3.46. The van der Waals surface area contributed by atoms with Crippen molar-refractivity contribution in [2.45, 2.75) is 0 Å². The number of imidazole rings is 3. The van der Waals surface area contributed by atoms with Gasteiger partial charge in [-0.15, -0.1) is 38.0 Å². The molecule has 22 nitrogen and oxygen atoms in total. The van der Waals surface area contributed by atoms with Crippen molar-refractivity contribution in [3.05, 3.63) is 360 Å². The molecule has 500 valence electrons. The van der Waals surface area contributed by atoms with Gasteiger partial charge >= 0.3 is 0 Å². The molecule has 0 aliphatic carbocycles. The summed E-state index contributed by atoms with van der Waals surface area (Å²) in [6.45, 7) is 0. The number of aromatic nitrogens is 21. The molecule has 22 aromatic rings. The minimum absolute atomic E-state index is 0.713. The van der Waals surface area contributed by atoms with Gasteiger partial charge in [0.2, 0.25) is 0 Å². The quantitative estimate of drug-likeness (QED) is 0.0823. The van der Waals surface area contributed by atoms with Crippen molar-refractivity contribution in [3.8, 4) is 0 Å². The largest absolute Gasteiger partial charge is 0.464 e. The molecule has 102 heavy (non-hydrogen) atoms. The van der Waals surface area contributed by atoms with Gasteiger partial charge in [-0.3, -0.25) is 5.10 Å². The molecule has 0 amide bonds. The second kappa shape index (κ2) is 39.2. The van der Waals surface area contributed by atoms with E-state index < -0.39 is 0 Å². The van der Waals surface area contributed by atoms with E-state index in [9.17, 15) is 0 Å². The number of thiazole rings is 1. The average molecular weight is 1380 g/mol. The molecular formula is C78H65N21OS2. The molecule has 0 radical (unpaired) electrons. The third-order valence-electron chi connectivity index (χ3n) is 14.1. The molecule has 0 spiro atoms. The first-order chi connectivity index (χ1) is 50.7. The highest BCUT2D eigenvalue weighted by Gasteiger charge is 1.96. The molecule has 0 saturated carbocycles. The van der Waals surface area contributed by atoms with E-state index in [1.165, 1.54) is 60.8 Å². The maximum absolute atomic E-state index is 5.12. The first-order valence-electron chi connectivity index (χ1n) is 31.6. The fourth-order valence-electron chi connectivity index (χ4n) is 9.22. The minimum Gasteiger partial charge on any atom is -0.464 e. The topological polar surface area (TPSA) is 293 Å². The van der Waals surface area contributed by atoms with Crippen LogP contribution in [-0.4, -0.2) is 105 Å². The summed E-state index contributed by atoms with van der Waals surface area (Å²) in [4.78, 5) is 46.4. The van der Waals surface area contributed by atoms with Gasteiger partial charge in [-0.2, -0.15) is 10.2 Å². The van der Waals surface area contributed by atoms with Crippen LogP contribution in [0.2, 0.25) is 0 Å². The zero-order valence-electron chi connectivity index (χ0n) is 54.5. The summed E-state index contributed by atoms with van der Waals surface area (Å²) < 4.78 is 9.84. The zero-order valence-corrected chi connectivity index (χ0v) is 56.1. The lowest BCUT2D eigenvalue weighted by Crippen LogP contribution is -1.78. The lowest BCUT2D eigenvalue weighted by Gasteiger charge is -1.88. The number of fused-ring (bicyclic) bond motifs is 10. The van der Waals surface area contributed by atoms with E-state index in [2.05, 4.69) is 189 Å². The number of nitrogens with zero attached hydrogens (tertiary/aromatic N) is 15. The van der Waals surface area contributed by atoms with Gasteiger partial charge in [0.05, 0.1) is 94.0 Å². The standard InChI is InChI=1S/3C8H7N.C8H6O.C8H6S.2C7H6N2.C7H5NS.C6H5N3.C5H4N4.2C3H3N3/c1-2-6-9-7-3-5-8(9)4-1;1-2-4-8-6-9-5-7(8)3-1;3*1-2-4-8-7(3-1)5-6-9-8;1-2-4-7-6(3-1)8-5-9-7;1-2-4-7-6(3-1)5-8-9-7;1-2-4-7-6(3-1)8-5-9-7;1-2-5-6(7-3-1)9-4-8-5;1-4-5(8-2-6-1)9-3-7-4;1-2-5-6-3-4-1;1-2-4-6-5-3-1/h1-7H;2*1-6,9H;2*1-6H;2*1-5H,(H,8,9);1-5H;1-4H,(H,7,8,9);1-3H,(H,6,7,8,9);2*1-3H. The average Bonchev–Trinajstić information content (AvgIpc) is 2.35. The summed E-state index contributed by atoms with van der Waals surface area (Å²) in [6.07, 6.45) is 31.0. The molecule has 0 unspecified atom stereocenters. The van der Waals surface area contributed by atoms with Crippen molar-refractivity contribution >= 4 is 125 Å². The van der Waals surface area contributed by atoms with Gasteiger partial charge in [0.25, 0.3) is 0 Å². The molecule has 22 rings (SSSR count). The molecule has 24 heteroatoms. The van der Waals surface area contributed by atoms with Crippen LogP contribution < -0.4 is 0 Å². The van der Waals surface area contributed by atoms with Crippen LogP contribution in [0.25, 0.3) is 103 Å². The molecule has 0 aliphatic heterocycles. The second-order valence-electron chi connectivity index (χ2n) is 20.8. The van der Waals surface area contributed by atoms with Crippen LogP contribution in [0.1, 0.15) is 0 Å². The summed E-state index contributed by atoms with van der Waals surface area (Å²) in [5.41, 5.74) is 12.9. The molecule has 0 saturated heterocycles. The van der Waals surface area contributed by atoms with Gasteiger partial charge in [0.1, 0.15) is 23.8 Å². The molecule has 7 aromatic carbocycles. The molecule has 15 heterocycles. The highest BCUT2D eigenvalue weighted by Crippen LogP contribution is 2.20. The Morgan fingerprint density at radius 1 is 0.363 bits per heavy atom. The Balaban J connectivity index is 0.000000112. The van der Waals surface area contributed by atoms with Crippen molar-refractivity contribution in [1.29, 1.82) is 0 Å². The van der Waals surface area contributed by atoms with Crippen LogP contribution in [0, 0.1) is 0 Å². The molecule has 0 aliphatic rings. The fourth-order valence-corrected chi connectivity index (χ4v) is 10.7. The summed E-state index contributed by atoms with van der Waals surface area (Å²) in [5.74, 6) is 0. The van der Waals surface area contributed by atoms with Crippen molar-refractivity contribution in [1.82, 2.24) is 105 Å². The molecule has 6 N–H and O–H groups in total. The maximum atomic E-state index is 5.12.